The third-order valence-electron chi connectivity index (χ3n) is 2.42. The summed E-state index contributed by atoms with van der Waals surface area (Å²) in [6.45, 7) is 0. The van der Waals surface area contributed by atoms with Crippen molar-refractivity contribution in [3.8, 4) is 0 Å². The van der Waals surface area contributed by atoms with Crippen molar-refractivity contribution < 1.29 is 22.0 Å². The molecule has 17 heavy (non-hydrogen) atoms. The fourth-order valence-electron chi connectivity index (χ4n) is 1.29. The van der Waals surface area contributed by atoms with Crippen molar-refractivity contribution in [3.63, 3.8) is 0 Å². The van der Waals surface area contributed by atoms with E-state index in [1.54, 1.807) is 0 Å². The van der Waals surface area contributed by atoms with E-state index in [9.17, 15) is 22.0 Å². The third-order valence-corrected chi connectivity index (χ3v) is 2.42. The van der Waals surface area contributed by atoms with E-state index in [-0.39, 0.29) is 11.8 Å². The lowest BCUT2D eigenvalue weighted by atomic mass is 10.2. The summed E-state index contributed by atoms with van der Waals surface area (Å²) in [6, 6.07) is 0. The number of nitrogens with zero attached hydrogens (tertiary/aromatic N) is 1. The minimum absolute atomic E-state index is 0.117. The van der Waals surface area contributed by atoms with Gasteiger partial charge >= 0.3 is 0 Å². The smallest absolute Gasteiger partial charge is 0.200 e. The first-order chi connectivity index (χ1) is 7.93. The number of rotatable bonds is 2. The second-order valence-corrected chi connectivity index (χ2v) is 3.73. The summed E-state index contributed by atoms with van der Waals surface area (Å²) in [5.74, 6) is -10.4. The van der Waals surface area contributed by atoms with E-state index in [0.29, 0.717) is 12.8 Å². The molecule has 1 saturated carbocycles. The number of aliphatic imine (C=N–C) groups is 1. The van der Waals surface area contributed by atoms with Gasteiger partial charge in [0, 0.05) is 5.92 Å². The molecule has 7 heteroatoms. The molecule has 1 fully saturated rings. The fraction of sp³-hybridized carbons (Fsp3) is 0.300. The lowest BCUT2D eigenvalue weighted by Gasteiger charge is -2.05. The van der Waals surface area contributed by atoms with Crippen molar-refractivity contribution in [2.75, 3.05) is 0 Å². The van der Waals surface area contributed by atoms with Crippen LogP contribution in [-0.4, -0.2) is 5.84 Å². The largest absolute Gasteiger partial charge is 0.387 e. The number of hydrogen-bond donors (Lipinski definition) is 1. The molecule has 0 atom stereocenters. The van der Waals surface area contributed by atoms with Crippen molar-refractivity contribution in [1.29, 1.82) is 0 Å². The van der Waals surface area contributed by atoms with Crippen LogP contribution in [0.1, 0.15) is 12.8 Å². The molecule has 0 aliphatic heterocycles. The standard InChI is InChI=1S/C10H7F5N2/c11-4-5(12)7(14)9(8(15)6(4)13)17-10(16)3-1-2-3/h3H,1-2H2,(H2,16,17). The minimum Gasteiger partial charge on any atom is -0.387 e. The van der Waals surface area contributed by atoms with Gasteiger partial charge in [-0.25, -0.2) is 26.9 Å². The van der Waals surface area contributed by atoms with Gasteiger partial charge in [-0.2, -0.15) is 0 Å². The molecule has 1 aliphatic rings. The number of benzene rings is 1. The van der Waals surface area contributed by atoms with E-state index in [0.717, 1.165) is 0 Å². The van der Waals surface area contributed by atoms with E-state index in [2.05, 4.69) is 4.99 Å². The number of amidine groups is 1. The molecule has 0 heterocycles. The Labute approximate surface area is 92.9 Å². The van der Waals surface area contributed by atoms with Gasteiger partial charge in [0.1, 0.15) is 11.5 Å². The van der Waals surface area contributed by atoms with Crippen molar-refractivity contribution >= 4 is 11.5 Å². The molecule has 0 amide bonds. The second kappa shape index (κ2) is 3.97. The van der Waals surface area contributed by atoms with Gasteiger partial charge in [-0.05, 0) is 12.8 Å². The summed E-state index contributed by atoms with van der Waals surface area (Å²) >= 11 is 0. The monoisotopic (exact) mass is 250 g/mol. The molecule has 0 radical (unpaired) electrons. The highest BCUT2D eigenvalue weighted by Crippen LogP contribution is 2.33. The molecule has 0 bridgehead atoms. The van der Waals surface area contributed by atoms with E-state index >= 15 is 0 Å². The Kier molecular flexibility index (Phi) is 2.76. The van der Waals surface area contributed by atoms with Crippen molar-refractivity contribution in [2.45, 2.75) is 12.8 Å². The summed E-state index contributed by atoms with van der Waals surface area (Å²) in [5.41, 5.74) is 4.13. The Morgan fingerprint density at radius 1 is 0.882 bits per heavy atom. The van der Waals surface area contributed by atoms with E-state index in [4.69, 9.17) is 5.73 Å². The maximum absolute atomic E-state index is 13.2. The van der Waals surface area contributed by atoms with E-state index in [1.165, 1.54) is 0 Å². The highest BCUT2D eigenvalue weighted by atomic mass is 19.2. The highest BCUT2D eigenvalue weighted by Gasteiger charge is 2.29. The van der Waals surface area contributed by atoms with Gasteiger partial charge in [-0.15, -0.1) is 0 Å². The third kappa shape index (κ3) is 1.96. The average molecular weight is 250 g/mol. The second-order valence-electron chi connectivity index (χ2n) is 3.73. The normalized spacial score (nSPS) is 16.4. The quantitative estimate of drug-likeness (QED) is 0.283. The van der Waals surface area contributed by atoms with Crippen LogP contribution in [-0.2, 0) is 0 Å². The molecular formula is C10H7F5N2. The summed E-state index contributed by atoms with van der Waals surface area (Å²) in [4.78, 5) is 3.28. The van der Waals surface area contributed by atoms with Gasteiger partial charge < -0.3 is 5.73 Å². The Morgan fingerprint density at radius 3 is 1.71 bits per heavy atom. The van der Waals surface area contributed by atoms with Crippen molar-refractivity contribution in [3.05, 3.63) is 29.1 Å². The molecular weight excluding hydrogens is 243 g/mol. The predicted octanol–water partition coefficient (Wildman–Crippen LogP) is 2.78. The first kappa shape index (κ1) is 11.8. The molecule has 1 aromatic carbocycles. The van der Waals surface area contributed by atoms with E-state index in [1.807, 2.05) is 0 Å². The van der Waals surface area contributed by atoms with Crippen LogP contribution in [0.2, 0.25) is 0 Å². The minimum atomic E-state index is -2.20. The zero-order valence-corrected chi connectivity index (χ0v) is 8.41. The fourth-order valence-corrected chi connectivity index (χ4v) is 1.29. The van der Waals surface area contributed by atoms with Crippen LogP contribution in [0.25, 0.3) is 0 Å². The Bertz CT molecular complexity index is 479. The number of hydrogen-bond acceptors (Lipinski definition) is 1. The lowest BCUT2D eigenvalue weighted by Crippen LogP contribution is -2.14. The molecule has 1 aromatic rings. The van der Waals surface area contributed by atoms with Gasteiger partial charge in [0.15, 0.2) is 23.3 Å². The van der Waals surface area contributed by atoms with Gasteiger partial charge in [-0.1, -0.05) is 0 Å². The zero-order valence-electron chi connectivity index (χ0n) is 8.41. The number of nitrogens with two attached hydrogens (primary N) is 1. The molecule has 1 aliphatic carbocycles. The van der Waals surface area contributed by atoms with Crippen LogP contribution < -0.4 is 5.73 Å². The van der Waals surface area contributed by atoms with Gasteiger partial charge in [0.2, 0.25) is 5.82 Å². The highest BCUT2D eigenvalue weighted by molar-refractivity contribution is 5.87. The summed E-state index contributed by atoms with van der Waals surface area (Å²) in [6.07, 6.45) is 1.40. The number of halogens is 5. The summed E-state index contributed by atoms with van der Waals surface area (Å²) in [5, 5.41) is 0. The molecule has 2 nitrogen and oxygen atoms in total. The topological polar surface area (TPSA) is 38.4 Å². The molecule has 92 valence electrons. The average Bonchev–Trinajstić information content (AvgIpc) is 3.13. The van der Waals surface area contributed by atoms with E-state index < -0.39 is 34.8 Å². The van der Waals surface area contributed by atoms with Crippen LogP contribution in [0, 0.1) is 35.0 Å². The van der Waals surface area contributed by atoms with Gasteiger partial charge in [-0.3, -0.25) is 0 Å². The Hall–Kier alpha value is -1.66. The van der Waals surface area contributed by atoms with Gasteiger partial charge in [0.25, 0.3) is 0 Å². The zero-order chi connectivity index (χ0) is 12.7. The van der Waals surface area contributed by atoms with Crippen LogP contribution in [0.15, 0.2) is 4.99 Å². The summed E-state index contributed by atoms with van der Waals surface area (Å²) in [7, 11) is 0. The molecule has 0 unspecified atom stereocenters. The van der Waals surface area contributed by atoms with Crippen LogP contribution in [0.4, 0.5) is 27.6 Å². The molecule has 0 aromatic heterocycles. The molecule has 0 spiro atoms. The maximum atomic E-state index is 13.2. The molecule has 0 saturated heterocycles. The van der Waals surface area contributed by atoms with Gasteiger partial charge in [0.05, 0.1) is 0 Å². The summed E-state index contributed by atoms with van der Waals surface area (Å²) < 4.78 is 64.6. The van der Waals surface area contributed by atoms with Crippen LogP contribution >= 0.6 is 0 Å². The van der Waals surface area contributed by atoms with Crippen molar-refractivity contribution in [2.24, 2.45) is 16.6 Å². The lowest BCUT2D eigenvalue weighted by molar-refractivity contribution is 0.381. The molecule has 2 N–H and O–H groups in total. The first-order valence-corrected chi connectivity index (χ1v) is 4.79. The SMILES string of the molecule is NC(=Nc1c(F)c(F)c(F)c(F)c1F)C1CC1. The molecule has 2 rings (SSSR count). The van der Waals surface area contributed by atoms with Crippen molar-refractivity contribution in [1.82, 2.24) is 0 Å². The maximum Gasteiger partial charge on any atom is 0.200 e. The Morgan fingerprint density at radius 2 is 1.29 bits per heavy atom. The van der Waals surface area contributed by atoms with Crippen LogP contribution in [0.3, 0.4) is 0 Å². The first-order valence-electron chi connectivity index (χ1n) is 4.79. The predicted molar refractivity (Wildman–Crippen MR) is 50.2 cm³/mol. The Balaban J connectivity index is 2.57. The van der Waals surface area contributed by atoms with Crippen LogP contribution in [0.5, 0.6) is 0 Å².